The molecule has 1 saturated heterocycles. The molecular weight excluding hydrogens is 364 g/mol. The van der Waals surface area contributed by atoms with E-state index in [0.29, 0.717) is 18.1 Å². The van der Waals surface area contributed by atoms with E-state index >= 15 is 0 Å². The summed E-state index contributed by atoms with van der Waals surface area (Å²) in [5.41, 5.74) is 5.95. The van der Waals surface area contributed by atoms with E-state index in [1.54, 1.807) is 25.4 Å². The highest BCUT2D eigenvalue weighted by Gasteiger charge is 2.51. The van der Waals surface area contributed by atoms with Gasteiger partial charge in [0.15, 0.2) is 5.82 Å². The third-order valence-electron chi connectivity index (χ3n) is 5.91. The number of carbonyl (C=O) groups excluding carboxylic acids is 2. The quantitative estimate of drug-likeness (QED) is 0.713. The minimum absolute atomic E-state index is 0.140. The van der Waals surface area contributed by atoms with Crippen LogP contribution in [0.1, 0.15) is 48.5 Å². The predicted octanol–water partition coefficient (Wildman–Crippen LogP) is 1.74. The Labute approximate surface area is 161 Å². The molecule has 0 spiro atoms. The van der Waals surface area contributed by atoms with E-state index in [9.17, 15) is 9.59 Å². The maximum absolute atomic E-state index is 12.3. The predicted molar refractivity (Wildman–Crippen MR) is 98.3 cm³/mol. The number of ether oxygens (including phenoxy) is 2. The van der Waals surface area contributed by atoms with Crippen molar-refractivity contribution in [1.29, 1.82) is 0 Å². The van der Waals surface area contributed by atoms with E-state index in [4.69, 9.17) is 15.2 Å². The maximum Gasteiger partial charge on any atom is 0.405 e. The van der Waals surface area contributed by atoms with Gasteiger partial charge in [-0.05, 0) is 38.2 Å². The minimum Gasteiger partial charge on any atom is -0.443 e. The van der Waals surface area contributed by atoms with Gasteiger partial charge >= 0.3 is 6.09 Å². The van der Waals surface area contributed by atoms with Gasteiger partial charge < -0.3 is 20.5 Å². The number of nitrogens with two attached hydrogens (primary N) is 1. The van der Waals surface area contributed by atoms with Crippen LogP contribution in [0.15, 0.2) is 18.3 Å². The van der Waals surface area contributed by atoms with Crippen LogP contribution in [0.4, 0.5) is 10.6 Å². The number of H-pyrrole nitrogens is 1. The van der Waals surface area contributed by atoms with Crippen molar-refractivity contribution < 1.29 is 19.1 Å². The Morgan fingerprint density at radius 3 is 2.96 bits per heavy atom. The lowest BCUT2D eigenvalue weighted by Gasteiger charge is -2.48. The molecule has 3 heterocycles. The van der Waals surface area contributed by atoms with Crippen molar-refractivity contribution in [3.63, 3.8) is 0 Å². The molecule has 10 heteroatoms. The van der Waals surface area contributed by atoms with Gasteiger partial charge in [-0.25, -0.2) is 4.79 Å². The van der Waals surface area contributed by atoms with Gasteiger partial charge in [0.05, 0.1) is 18.4 Å². The van der Waals surface area contributed by atoms with Gasteiger partial charge in [-0.15, -0.1) is 0 Å². The molecule has 1 aliphatic carbocycles. The molecule has 0 radical (unpaired) electrons. The fraction of sp³-hybridized carbons (Fsp3) is 0.556. The molecule has 1 aliphatic heterocycles. The Bertz CT molecular complexity index is 892. The number of aromatic nitrogens is 4. The monoisotopic (exact) mass is 388 g/mol. The largest absolute Gasteiger partial charge is 0.443 e. The Hall–Kier alpha value is -2.88. The Morgan fingerprint density at radius 2 is 2.32 bits per heavy atom. The van der Waals surface area contributed by atoms with Gasteiger partial charge in [-0.1, -0.05) is 0 Å². The summed E-state index contributed by atoms with van der Waals surface area (Å²) >= 11 is 0. The first kappa shape index (κ1) is 18.5. The number of nitrogens with one attached hydrogen (secondary N) is 2. The first-order valence-corrected chi connectivity index (χ1v) is 9.30. The number of aromatic amines is 1. The topological polar surface area (TPSA) is 137 Å². The summed E-state index contributed by atoms with van der Waals surface area (Å²) in [6.07, 6.45) is 3.28. The molecule has 2 aromatic heterocycles. The van der Waals surface area contributed by atoms with Crippen LogP contribution in [-0.4, -0.2) is 44.2 Å². The van der Waals surface area contributed by atoms with Gasteiger partial charge in [0.1, 0.15) is 11.3 Å². The van der Waals surface area contributed by atoms with Crippen LogP contribution in [0.3, 0.4) is 0 Å². The van der Waals surface area contributed by atoms with Gasteiger partial charge in [-0.2, -0.15) is 10.2 Å². The number of amides is 2. The molecule has 2 unspecified atom stereocenters. The Kier molecular flexibility index (Phi) is 4.58. The lowest BCUT2D eigenvalue weighted by atomic mass is 9.63. The first-order chi connectivity index (χ1) is 13.4. The normalized spacial score (nSPS) is 29.3. The van der Waals surface area contributed by atoms with Crippen molar-refractivity contribution >= 4 is 17.8 Å². The lowest BCUT2D eigenvalue weighted by Crippen LogP contribution is -2.52. The summed E-state index contributed by atoms with van der Waals surface area (Å²) < 4.78 is 12.8. The van der Waals surface area contributed by atoms with E-state index in [1.165, 1.54) is 4.68 Å². The second-order valence-corrected chi connectivity index (χ2v) is 7.70. The number of anilines is 1. The SMILES string of the molecule is Cn1nccc1C(=O)Nc1cc([C@@H]2C[C@H](C3CCC3(C)OC(N)=O)CO2)[nH]n1. The van der Waals surface area contributed by atoms with Crippen molar-refractivity contribution in [2.75, 3.05) is 11.9 Å². The molecule has 1 saturated carbocycles. The van der Waals surface area contributed by atoms with Crippen molar-refractivity contribution in [2.45, 2.75) is 37.9 Å². The van der Waals surface area contributed by atoms with E-state index in [1.807, 2.05) is 6.92 Å². The second kappa shape index (κ2) is 6.93. The highest BCUT2D eigenvalue weighted by molar-refractivity contribution is 6.02. The molecular formula is C18H24N6O4. The standard InChI is InChI=1S/C18H24N6O4/c1-18(28-17(19)26)5-3-11(18)10-7-14(27-9-10)12-8-15(23-22-12)21-16(25)13-4-6-20-24(13)2/h4,6,8,10-11,14H,3,5,7,9H2,1-2H3,(H2,19,26)(H2,21,22,23,25)/t10-,11?,14-,18?/m0/s1. The molecule has 0 bridgehead atoms. The maximum atomic E-state index is 12.3. The van der Waals surface area contributed by atoms with Crippen LogP contribution < -0.4 is 11.1 Å². The van der Waals surface area contributed by atoms with E-state index in [2.05, 4.69) is 20.6 Å². The van der Waals surface area contributed by atoms with Gasteiger partial charge in [0.25, 0.3) is 5.91 Å². The number of hydrogen-bond acceptors (Lipinski definition) is 6. The Balaban J connectivity index is 1.37. The zero-order valence-corrected chi connectivity index (χ0v) is 15.8. The van der Waals surface area contributed by atoms with Crippen LogP contribution in [0.25, 0.3) is 0 Å². The van der Waals surface area contributed by atoms with Crippen LogP contribution in [0.5, 0.6) is 0 Å². The number of nitrogens with zero attached hydrogens (tertiary/aromatic N) is 3. The molecule has 2 aromatic rings. The number of primary amides is 1. The molecule has 28 heavy (non-hydrogen) atoms. The number of hydrogen-bond donors (Lipinski definition) is 3. The van der Waals surface area contributed by atoms with Crippen LogP contribution in [0.2, 0.25) is 0 Å². The first-order valence-electron chi connectivity index (χ1n) is 9.30. The fourth-order valence-corrected chi connectivity index (χ4v) is 4.30. The summed E-state index contributed by atoms with van der Waals surface area (Å²) in [4.78, 5) is 23.4. The molecule has 2 amide bonds. The number of carbonyl (C=O) groups is 2. The molecule has 10 nitrogen and oxygen atoms in total. The molecule has 4 atom stereocenters. The molecule has 4 rings (SSSR count). The third-order valence-corrected chi connectivity index (χ3v) is 5.91. The molecule has 2 fully saturated rings. The number of aryl methyl sites for hydroxylation is 1. The highest BCUT2D eigenvalue weighted by Crippen LogP contribution is 2.50. The molecule has 2 aliphatic rings. The van der Waals surface area contributed by atoms with Crippen molar-refractivity contribution in [3.8, 4) is 0 Å². The minimum atomic E-state index is -0.731. The second-order valence-electron chi connectivity index (χ2n) is 7.70. The molecule has 150 valence electrons. The zero-order chi connectivity index (χ0) is 19.9. The van der Waals surface area contributed by atoms with Gasteiger partial charge in [0.2, 0.25) is 0 Å². The smallest absolute Gasteiger partial charge is 0.405 e. The number of rotatable bonds is 5. The summed E-state index contributed by atoms with van der Waals surface area (Å²) in [7, 11) is 1.70. The fourth-order valence-electron chi connectivity index (χ4n) is 4.30. The van der Waals surface area contributed by atoms with Crippen molar-refractivity contribution in [2.24, 2.45) is 24.6 Å². The van der Waals surface area contributed by atoms with Crippen LogP contribution in [0, 0.1) is 11.8 Å². The highest BCUT2D eigenvalue weighted by atomic mass is 16.6. The Morgan fingerprint density at radius 1 is 1.50 bits per heavy atom. The lowest BCUT2D eigenvalue weighted by molar-refractivity contribution is -0.106. The summed E-state index contributed by atoms with van der Waals surface area (Å²) in [6, 6.07) is 3.42. The average Bonchev–Trinajstić information content (AvgIpc) is 3.34. The van der Waals surface area contributed by atoms with Gasteiger partial charge in [-0.3, -0.25) is 14.6 Å². The summed E-state index contributed by atoms with van der Waals surface area (Å²) in [6.45, 7) is 2.52. The molecule has 0 aromatic carbocycles. The van der Waals surface area contributed by atoms with Gasteiger partial charge in [0, 0.05) is 25.2 Å². The third kappa shape index (κ3) is 3.35. The molecule has 4 N–H and O–H groups in total. The summed E-state index contributed by atoms with van der Waals surface area (Å²) in [5, 5.41) is 13.8. The van der Waals surface area contributed by atoms with Crippen molar-refractivity contribution in [1.82, 2.24) is 20.0 Å². The van der Waals surface area contributed by atoms with Crippen LogP contribution >= 0.6 is 0 Å². The van der Waals surface area contributed by atoms with Crippen LogP contribution in [-0.2, 0) is 16.5 Å². The van der Waals surface area contributed by atoms with Crippen molar-refractivity contribution in [3.05, 3.63) is 29.7 Å². The summed E-state index contributed by atoms with van der Waals surface area (Å²) in [5.74, 6) is 0.659. The van der Waals surface area contributed by atoms with E-state index in [0.717, 1.165) is 25.0 Å². The van der Waals surface area contributed by atoms with E-state index in [-0.39, 0.29) is 23.8 Å². The zero-order valence-electron chi connectivity index (χ0n) is 15.8. The average molecular weight is 388 g/mol. The van der Waals surface area contributed by atoms with E-state index < -0.39 is 11.7 Å².